The number of piperidine rings is 1. The van der Waals surface area contributed by atoms with Gasteiger partial charge in [-0.05, 0) is 32.2 Å². The molecule has 1 amide bonds. The van der Waals surface area contributed by atoms with E-state index < -0.39 is 5.60 Å². The van der Waals surface area contributed by atoms with Crippen LogP contribution in [0.3, 0.4) is 0 Å². The third-order valence-corrected chi connectivity index (χ3v) is 4.92. The molecule has 1 atom stereocenters. The third kappa shape index (κ3) is 4.99. The first-order chi connectivity index (χ1) is 10.6. The van der Waals surface area contributed by atoms with Crippen LogP contribution in [0.1, 0.15) is 44.3 Å². The lowest BCUT2D eigenvalue weighted by Gasteiger charge is -2.42. The molecule has 130 valence electrons. The zero-order chi connectivity index (χ0) is 17.3. The van der Waals surface area contributed by atoms with E-state index in [9.17, 15) is 9.90 Å². The van der Waals surface area contributed by atoms with Gasteiger partial charge in [0.2, 0.25) is 0 Å². The molecule has 1 aromatic heterocycles. The smallest absolute Gasteiger partial charge is 0.255 e. The highest BCUT2D eigenvalue weighted by Crippen LogP contribution is 2.27. The second-order valence-electron chi connectivity index (χ2n) is 7.98. The van der Waals surface area contributed by atoms with Gasteiger partial charge in [0.05, 0.1) is 6.54 Å². The van der Waals surface area contributed by atoms with Crippen molar-refractivity contribution < 1.29 is 9.90 Å². The number of hydrogen-bond donors (Lipinski definition) is 1. The van der Waals surface area contributed by atoms with E-state index in [1.165, 1.54) is 0 Å². The maximum Gasteiger partial charge on any atom is 0.255 e. The summed E-state index contributed by atoms with van der Waals surface area (Å²) in [6.45, 7) is 10.8. The number of nitrogens with zero attached hydrogens (tertiary/aromatic N) is 3. The van der Waals surface area contributed by atoms with Crippen LogP contribution in [-0.4, -0.2) is 58.1 Å². The Morgan fingerprint density at radius 2 is 2.17 bits per heavy atom. The van der Waals surface area contributed by atoms with Crippen LogP contribution in [0.5, 0.6) is 0 Å². The van der Waals surface area contributed by atoms with E-state index in [1.807, 2.05) is 29.2 Å². The average molecular weight is 340 g/mol. The molecule has 5 nitrogen and oxygen atoms in total. The normalized spacial score (nSPS) is 22.9. The van der Waals surface area contributed by atoms with Gasteiger partial charge in [-0.2, -0.15) is 0 Å². The van der Waals surface area contributed by atoms with Crippen molar-refractivity contribution in [2.24, 2.45) is 5.41 Å². The van der Waals surface area contributed by atoms with Crippen molar-refractivity contribution in [3.63, 3.8) is 0 Å². The topological polar surface area (TPSA) is 56.7 Å². The molecular formula is C17H29N3O2S. The van der Waals surface area contributed by atoms with Crippen LogP contribution in [0.25, 0.3) is 0 Å². The van der Waals surface area contributed by atoms with E-state index in [2.05, 4.69) is 25.8 Å². The third-order valence-electron chi connectivity index (χ3n) is 3.97. The Morgan fingerprint density at radius 3 is 2.74 bits per heavy atom. The van der Waals surface area contributed by atoms with Crippen LogP contribution in [-0.2, 0) is 11.3 Å². The molecule has 6 heteroatoms. The molecule has 0 unspecified atom stereocenters. The fraction of sp³-hybridized carbons (Fsp3) is 0.765. The SMILES string of the molecule is Cc1csc(CN(C)C[C@]2(O)CCCN(CC(C)(C)C)C2=O)n1. The Balaban J connectivity index is 2.00. The zero-order valence-electron chi connectivity index (χ0n) is 14.9. The predicted molar refractivity (Wildman–Crippen MR) is 93.4 cm³/mol. The number of aromatic nitrogens is 1. The summed E-state index contributed by atoms with van der Waals surface area (Å²) in [6, 6.07) is 0. The van der Waals surface area contributed by atoms with Gasteiger partial charge < -0.3 is 10.0 Å². The number of likely N-dealkylation sites (N-methyl/N-ethyl adjacent to an activating group) is 1. The fourth-order valence-corrected chi connectivity index (χ4v) is 3.99. The summed E-state index contributed by atoms with van der Waals surface area (Å²) in [7, 11) is 1.94. The van der Waals surface area contributed by atoms with Gasteiger partial charge in [-0.25, -0.2) is 4.98 Å². The molecule has 23 heavy (non-hydrogen) atoms. The van der Waals surface area contributed by atoms with Gasteiger partial charge in [0.1, 0.15) is 5.01 Å². The van der Waals surface area contributed by atoms with Crippen molar-refractivity contribution in [3.8, 4) is 0 Å². The highest BCUT2D eigenvalue weighted by molar-refractivity contribution is 7.09. The number of amides is 1. The molecule has 0 aromatic carbocycles. The molecule has 1 aliphatic heterocycles. The zero-order valence-corrected chi connectivity index (χ0v) is 15.7. The van der Waals surface area contributed by atoms with Crippen LogP contribution < -0.4 is 0 Å². The molecule has 1 aromatic rings. The second kappa shape index (κ2) is 6.87. The Morgan fingerprint density at radius 1 is 1.48 bits per heavy atom. The molecule has 2 heterocycles. The van der Waals surface area contributed by atoms with Gasteiger partial charge in [-0.1, -0.05) is 20.8 Å². The maximum atomic E-state index is 12.8. The van der Waals surface area contributed by atoms with Gasteiger partial charge in [-0.3, -0.25) is 9.69 Å². The molecule has 0 aliphatic carbocycles. The minimum atomic E-state index is -1.27. The number of carbonyl (C=O) groups excluding carboxylic acids is 1. The van der Waals surface area contributed by atoms with Crippen molar-refractivity contribution in [3.05, 3.63) is 16.1 Å². The van der Waals surface area contributed by atoms with E-state index in [0.717, 1.165) is 23.7 Å². The Labute approximate surface area is 143 Å². The molecule has 0 saturated carbocycles. The Hall–Kier alpha value is -0.980. The number of rotatable bonds is 5. The van der Waals surface area contributed by atoms with Crippen molar-refractivity contribution in [1.29, 1.82) is 0 Å². The molecule has 1 fully saturated rings. The molecule has 0 bridgehead atoms. The summed E-state index contributed by atoms with van der Waals surface area (Å²) in [6.07, 6.45) is 1.39. The average Bonchev–Trinajstić information content (AvgIpc) is 2.79. The van der Waals surface area contributed by atoms with E-state index in [4.69, 9.17) is 0 Å². The molecule has 1 N–H and O–H groups in total. The lowest BCUT2D eigenvalue weighted by atomic mass is 9.88. The minimum absolute atomic E-state index is 0.0399. The molecular weight excluding hydrogens is 310 g/mol. The number of hydrogen-bond acceptors (Lipinski definition) is 5. The number of likely N-dealkylation sites (tertiary alicyclic amines) is 1. The predicted octanol–water partition coefficient (Wildman–Crippen LogP) is 2.28. The highest BCUT2D eigenvalue weighted by Gasteiger charge is 2.43. The molecule has 2 rings (SSSR count). The van der Waals surface area contributed by atoms with Crippen LogP contribution in [0.2, 0.25) is 0 Å². The monoisotopic (exact) mass is 339 g/mol. The van der Waals surface area contributed by atoms with Gasteiger partial charge in [0.25, 0.3) is 5.91 Å². The first kappa shape index (κ1) is 18.4. The highest BCUT2D eigenvalue weighted by atomic mass is 32.1. The number of carbonyl (C=O) groups is 1. The van der Waals surface area contributed by atoms with Crippen molar-refractivity contribution in [1.82, 2.24) is 14.8 Å². The molecule has 0 radical (unpaired) electrons. The standard InChI is InChI=1S/C17H29N3O2S/c1-13-10-23-14(18-13)9-19(5)12-17(22)7-6-8-20(15(17)21)11-16(2,3)4/h10,22H,6-9,11-12H2,1-5H3/t17-/m1/s1. The van der Waals surface area contributed by atoms with E-state index in [-0.39, 0.29) is 11.3 Å². The summed E-state index contributed by atoms with van der Waals surface area (Å²) in [5.74, 6) is -0.124. The van der Waals surface area contributed by atoms with Gasteiger partial charge >= 0.3 is 0 Å². The summed E-state index contributed by atoms with van der Waals surface area (Å²) < 4.78 is 0. The van der Waals surface area contributed by atoms with Crippen molar-refractivity contribution >= 4 is 17.2 Å². The van der Waals surface area contributed by atoms with Crippen LogP contribution in [0.15, 0.2) is 5.38 Å². The van der Waals surface area contributed by atoms with Crippen molar-refractivity contribution in [2.75, 3.05) is 26.7 Å². The van der Waals surface area contributed by atoms with Gasteiger partial charge in [0.15, 0.2) is 5.60 Å². The van der Waals surface area contributed by atoms with Gasteiger partial charge in [0, 0.05) is 30.7 Å². The number of aryl methyl sites for hydroxylation is 1. The molecule has 0 spiro atoms. The molecule has 1 saturated heterocycles. The summed E-state index contributed by atoms with van der Waals surface area (Å²) >= 11 is 1.62. The minimum Gasteiger partial charge on any atom is -0.379 e. The summed E-state index contributed by atoms with van der Waals surface area (Å²) in [5.41, 5.74) is -0.217. The summed E-state index contributed by atoms with van der Waals surface area (Å²) in [4.78, 5) is 21.0. The number of thiazole rings is 1. The lowest BCUT2D eigenvalue weighted by molar-refractivity contribution is -0.160. The van der Waals surface area contributed by atoms with Crippen LogP contribution in [0.4, 0.5) is 0 Å². The van der Waals surface area contributed by atoms with Crippen LogP contribution >= 0.6 is 11.3 Å². The number of aliphatic hydroxyl groups is 1. The molecule has 1 aliphatic rings. The summed E-state index contributed by atoms with van der Waals surface area (Å²) in [5, 5.41) is 14.0. The Kier molecular flexibility index (Phi) is 5.48. The first-order valence-corrected chi connectivity index (χ1v) is 9.08. The Bertz CT molecular complexity index is 552. The van der Waals surface area contributed by atoms with E-state index >= 15 is 0 Å². The second-order valence-corrected chi connectivity index (χ2v) is 8.92. The maximum absolute atomic E-state index is 12.8. The quantitative estimate of drug-likeness (QED) is 0.894. The van der Waals surface area contributed by atoms with Gasteiger partial charge in [-0.15, -0.1) is 11.3 Å². The fourth-order valence-electron chi connectivity index (χ4n) is 3.14. The largest absolute Gasteiger partial charge is 0.379 e. The van der Waals surface area contributed by atoms with E-state index in [0.29, 0.717) is 26.1 Å². The first-order valence-electron chi connectivity index (χ1n) is 8.20. The van der Waals surface area contributed by atoms with Crippen molar-refractivity contribution in [2.45, 2.75) is 52.7 Å². The lowest BCUT2D eigenvalue weighted by Crippen LogP contribution is -2.59. The van der Waals surface area contributed by atoms with E-state index in [1.54, 1.807) is 11.3 Å². The van der Waals surface area contributed by atoms with Crippen LogP contribution in [0, 0.1) is 12.3 Å².